The minimum Gasteiger partial charge on any atom is -0.323 e. The van der Waals surface area contributed by atoms with Crippen LogP contribution in [0.2, 0.25) is 0 Å². The van der Waals surface area contributed by atoms with Crippen LogP contribution in [0.25, 0.3) is 11.0 Å². The minimum absolute atomic E-state index is 0.324. The quantitative estimate of drug-likeness (QED) is 0.510. The van der Waals surface area contributed by atoms with Crippen molar-refractivity contribution in [1.82, 2.24) is 9.97 Å². The number of amides is 1. The van der Waals surface area contributed by atoms with Crippen molar-refractivity contribution in [2.75, 3.05) is 10.2 Å². The Morgan fingerprint density at radius 2 is 2.05 bits per heavy atom. The third kappa shape index (κ3) is 2.64. The summed E-state index contributed by atoms with van der Waals surface area (Å²) in [5.41, 5.74) is 2.70. The second-order valence-electron chi connectivity index (χ2n) is 4.57. The highest BCUT2D eigenvalue weighted by Gasteiger charge is 2.11. The Morgan fingerprint density at radius 1 is 1.23 bits per heavy atom. The minimum atomic E-state index is -0.350. The second-order valence-corrected chi connectivity index (χ2v) is 4.76. The molecule has 3 aromatic rings. The fourth-order valence-electron chi connectivity index (χ4n) is 2.14. The number of halogens is 1. The van der Waals surface area contributed by atoms with Crippen molar-refractivity contribution in [2.24, 2.45) is 0 Å². The Bertz CT molecular complexity index is 860. The number of aromatic amines is 1. The fourth-order valence-corrected chi connectivity index (χ4v) is 2.23. The molecule has 0 bridgehead atoms. The lowest BCUT2D eigenvalue weighted by Gasteiger charge is -2.06. The molecule has 110 valence electrons. The zero-order valence-corrected chi connectivity index (χ0v) is 12.0. The van der Waals surface area contributed by atoms with E-state index in [4.69, 9.17) is 11.8 Å². The van der Waals surface area contributed by atoms with E-state index in [1.165, 1.54) is 0 Å². The van der Waals surface area contributed by atoms with Crippen molar-refractivity contribution in [3.8, 4) is 0 Å². The molecule has 0 radical (unpaired) electrons. The molecule has 6 nitrogen and oxygen atoms in total. The molecular formula is C15H11ClN4O2. The maximum atomic E-state index is 12.3. The van der Waals surface area contributed by atoms with Crippen LogP contribution < -0.4 is 10.2 Å². The molecule has 0 saturated heterocycles. The lowest BCUT2D eigenvalue weighted by molar-refractivity contribution is 0.101. The highest BCUT2D eigenvalue weighted by molar-refractivity contribution is 6.23. The molecule has 1 aromatic heterocycles. The first kappa shape index (κ1) is 14.1. The molecule has 3 rings (SSSR count). The van der Waals surface area contributed by atoms with Crippen LogP contribution in [0.3, 0.4) is 0 Å². The zero-order chi connectivity index (χ0) is 15.5. The van der Waals surface area contributed by atoms with E-state index in [-0.39, 0.29) is 5.91 Å². The third-order valence-electron chi connectivity index (χ3n) is 3.16. The number of imidazole rings is 1. The summed E-state index contributed by atoms with van der Waals surface area (Å²) in [6, 6.07) is 11.8. The number of nitrogens with zero attached hydrogens (tertiary/aromatic N) is 1. The number of rotatable bonds is 4. The van der Waals surface area contributed by atoms with Crippen LogP contribution in [-0.4, -0.2) is 22.2 Å². The van der Waals surface area contributed by atoms with Gasteiger partial charge in [-0.15, -0.1) is 0 Å². The number of carbonyl (C=O) groups is 2. The van der Waals surface area contributed by atoms with Gasteiger partial charge in [0.2, 0.25) is 5.95 Å². The first-order valence-corrected chi connectivity index (χ1v) is 6.81. The summed E-state index contributed by atoms with van der Waals surface area (Å²) in [4.78, 5) is 32.8. The number of benzene rings is 2. The number of aldehydes is 1. The Hall–Kier alpha value is -2.86. The molecule has 0 aliphatic heterocycles. The summed E-state index contributed by atoms with van der Waals surface area (Å²) in [6.45, 7) is 0. The molecule has 3 N–H and O–H groups in total. The van der Waals surface area contributed by atoms with Gasteiger partial charge in [0.05, 0.1) is 16.6 Å². The van der Waals surface area contributed by atoms with Gasteiger partial charge < -0.3 is 10.3 Å². The smallest absolute Gasteiger partial charge is 0.256 e. The Labute approximate surface area is 130 Å². The number of H-pyrrole nitrogens is 1. The average Bonchev–Trinajstić information content (AvgIpc) is 2.97. The van der Waals surface area contributed by atoms with Crippen LogP contribution in [0, 0.1) is 0 Å². The first-order chi connectivity index (χ1) is 10.7. The molecule has 0 saturated carbocycles. The van der Waals surface area contributed by atoms with Crippen LogP contribution in [-0.2, 0) is 0 Å². The number of anilines is 2. The number of hydrogen-bond donors (Lipinski definition) is 3. The van der Waals surface area contributed by atoms with Gasteiger partial charge in [0.25, 0.3) is 5.91 Å². The fraction of sp³-hybridized carbons (Fsp3) is 0. The van der Waals surface area contributed by atoms with Crippen molar-refractivity contribution in [1.29, 1.82) is 0 Å². The maximum Gasteiger partial charge on any atom is 0.256 e. The Balaban J connectivity index is 1.89. The molecule has 7 heteroatoms. The summed E-state index contributed by atoms with van der Waals surface area (Å²) < 4.78 is 0. The number of carbonyl (C=O) groups excluding carboxylic acids is 2. The standard InChI is InChI=1S/C15H11ClN4O2/c16-20-15-18-12-6-5-10(7-13(12)19-15)17-14(22)11-4-2-1-3-9(11)8-21/h1-8H,(H,17,22)(H2,18,19,20). The van der Waals surface area contributed by atoms with Crippen molar-refractivity contribution in [3.63, 3.8) is 0 Å². The lowest BCUT2D eigenvalue weighted by atomic mass is 10.1. The third-order valence-corrected chi connectivity index (χ3v) is 3.34. The number of nitrogens with one attached hydrogen (secondary N) is 3. The van der Waals surface area contributed by atoms with Crippen molar-refractivity contribution in [3.05, 3.63) is 53.6 Å². The molecule has 22 heavy (non-hydrogen) atoms. The van der Waals surface area contributed by atoms with Gasteiger partial charge in [-0.3, -0.25) is 14.4 Å². The van der Waals surface area contributed by atoms with Gasteiger partial charge in [-0.05, 0) is 24.3 Å². The van der Waals surface area contributed by atoms with Gasteiger partial charge >= 0.3 is 0 Å². The van der Waals surface area contributed by atoms with Crippen LogP contribution in [0.4, 0.5) is 11.6 Å². The summed E-state index contributed by atoms with van der Waals surface area (Å²) in [6.07, 6.45) is 0.658. The van der Waals surface area contributed by atoms with Gasteiger partial charge in [0.1, 0.15) is 0 Å². The van der Waals surface area contributed by atoms with Crippen molar-refractivity contribution >= 4 is 46.6 Å². The summed E-state index contributed by atoms with van der Waals surface area (Å²) in [7, 11) is 0. The van der Waals surface area contributed by atoms with Gasteiger partial charge in [-0.1, -0.05) is 18.2 Å². The number of aromatic nitrogens is 2. The predicted molar refractivity (Wildman–Crippen MR) is 85.4 cm³/mol. The van der Waals surface area contributed by atoms with Gasteiger partial charge in [-0.2, -0.15) is 0 Å². The van der Waals surface area contributed by atoms with Crippen LogP contribution >= 0.6 is 11.8 Å². The summed E-state index contributed by atoms with van der Waals surface area (Å²) >= 11 is 5.49. The topological polar surface area (TPSA) is 86.9 Å². The summed E-state index contributed by atoms with van der Waals surface area (Å²) in [5.74, 6) is 0.0729. The second kappa shape index (κ2) is 5.87. The predicted octanol–water partition coefficient (Wildman–Crippen LogP) is 3.19. The summed E-state index contributed by atoms with van der Waals surface area (Å²) in [5, 5.41) is 2.75. The molecule has 0 atom stereocenters. The van der Waals surface area contributed by atoms with Crippen LogP contribution in [0.15, 0.2) is 42.5 Å². The van der Waals surface area contributed by atoms with E-state index in [1.807, 2.05) is 0 Å². The molecule has 0 unspecified atom stereocenters. The van der Waals surface area contributed by atoms with E-state index in [2.05, 4.69) is 20.1 Å². The zero-order valence-electron chi connectivity index (χ0n) is 11.3. The molecule has 0 aliphatic rings. The lowest BCUT2D eigenvalue weighted by Crippen LogP contribution is -2.13. The first-order valence-electron chi connectivity index (χ1n) is 6.43. The van der Waals surface area contributed by atoms with E-state index >= 15 is 0 Å². The monoisotopic (exact) mass is 314 g/mol. The maximum absolute atomic E-state index is 12.3. The molecule has 1 amide bonds. The normalized spacial score (nSPS) is 10.4. The van der Waals surface area contributed by atoms with Crippen molar-refractivity contribution in [2.45, 2.75) is 0 Å². The van der Waals surface area contributed by atoms with Gasteiger partial charge in [-0.25, -0.2) is 4.98 Å². The average molecular weight is 315 g/mol. The van der Waals surface area contributed by atoms with E-state index in [0.29, 0.717) is 29.0 Å². The highest BCUT2D eigenvalue weighted by Crippen LogP contribution is 2.20. The molecule has 0 aliphatic carbocycles. The van der Waals surface area contributed by atoms with E-state index in [1.54, 1.807) is 42.5 Å². The SMILES string of the molecule is O=Cc1ccccc1C(=O)Nc1ccc2nc(NCl)[nH]c2c1. The van der Waals surface area contributed by atoms with Gasteiger partial charge in [0, 0.05) is 23.0 Å². The molecule has 0 spiro atoms. The van der Waals surface area contributed by atoms with E-state index < -0.39 is 0 Å². The Kier molecular flexibility index (Phi) is 3.76. The van der Waals surface area contributed by atoms with Crippen LogP contribution in [0.1, 0.15) is 20.7 Å². The number of hydrogen-bond acceptors (Lipinski definition) is 4. The van der Waals surface area contributed by atoms with Crippen LogP contribution in [0.5, 0.6) is 0 Å². The number of fused-ring (bicyclic) bond motifs is 1. The Morgan fingerprint density at radius 3 is 2.82 bits per heavy atom. The molecule has 1 heterocycles. The molecule has 0 fully saturated rings. The molecule has 2 aromatic carbocycles. The largest absolute Gasteiger partial charge is 0.323 e. The highest BCUT2D eigenvalue weighted by atomic mass is 35.5. The van der Waals surface area contributed by atoms with Gasteiger partial charge in [0.15, 0.2) is 6.29 Å². The molecular weight excluding hydrogens is 304 g/mol. The van der Waals surface area contributed by atoms with E-state index in [0.717, 1.165) is 11.0 Å². The van der Waals surface area contributed by atoms with E-state index in [9.17, 15) is 9.59 Å². The van der Waals surface area contributed by atoms with Crippen molar-refractivity contribution < 1.29 is 9.59 Å².